The topological polar surface area (TPSA) is 57.0 Å². The number of ether oxygens (including phenoxy) is 1. The van der Waals surface area contributed by atoms with E-state index in [1.54, 1.807) is 6.07 Å². The number of fused-ring (bicyclic) bond motifs is 1. The number of hydrogen-bond acceptors (Lipinski definition) is 4. The van der Waals surface area contributed by atoms with Gasteiger partial charge in [-0.25, -0.2) is 4.98 Å². The van der Waals surface area contributed by atoms with Crippen LogP contribution in [0.25, 0.3) is 10.9 Å². The Bertz CT molecular complexity index is 889. The van der Waals surface area contributed by atoms with Crippen LogP contribution in [0, 0.1) is 0 Å². The standard InChI is InChI=1S/C15H10F3N3O2/c16-15(17,18)23-11-3-1-10(2-4-11)8-21-9-20-13-7-19-6-5-12(13)14(21)22/h1-7,9H,8H2. The van der Waals surface area contributed by atoms with Crippen molar-refractivity contribution in [1.29, 1.82) is 0 Å². The molecule has 118 valence electrons. The van der Waals surface area contributed by atoms with Crippen LogP contribution in [0.15, 0.2) is 53.8 Å². The molecular weight excluding hydrogens is 311 g/mol. The van der Waals surface area contributed by atoms with Gasteiger partial charge in [0, 0.05) is 6.20 Å². The Morgan fingerprint density at radius 3 is 2.57 bits per heavy atom. The molecule has 2 heterocycles. The highest BCUT2D eigenvalue weighted by Crippen LogP contribution is 2.22. The molecule has 0 atom stereocenters. The third kappa shape index (κ3) is 3.47. The first-order valence-electron chi connectivity index (χ1n) is 6.56. The predicted octanol–water partition coefficient (Wildman–Crippen LogP) is 2.74. The summed E-state index contributed by atoms with van der Waals surface area (Å²) in [6.07, 6.45) is -0.357. The van der Waals surface area contributed by atoms with Gasteiger partial charge in [-0.2, -0.15) is 0 Å². The molecule has 0 saturated heterocycles. The molecule has 0 N–H and O–H groups in total. The lowest BCUT2D eigenvalue weighted by atomic mass is 10.2. The Hall–Kier alpha value is -2.90. The van der Waals surface area contributed by atoms with Gasteiger partial charge in [-0.3, -0.25) is 14.3 Å². The molecule has 8 heteroatoms. The molecule has 0 spiro atoms. The van der Waals surface area contributed by atoms with E-state index in [4.69, 9.17) is 0 Å². The molecule has 0 aliphatic heterocycles. The number of pyridine rings is 1. The molecule has 23 heavy (non-hydrogen) atoms. The number of aromatic nitrogens is 3. The summed E-state index contributed by atoms with van der Waals surface area (Å²) in [6.45, 7) is 0.191. The monoisotopic (exact) mass is 321 g/mol. The highest BCUT2D eigenvalue weighted by atomic mass is 19.4. The highest BCUT2D eigenvalue weighted by Gasteiger charge is 2.30. The summed E-state index contributed by atoms with van der Waals surface area (Å²) in [5, 5.41) is 0.430. The van der Waals surface area contributed by atoms with Gasteiger partial charge >= 0.3 is 6.36 Å². The van der Waals surface area contributed by atoms with Gasteiger partial charge in [-0.15, -0.1) is 13.2 Å². The van der Waals surface area contributed by atoms with Crippen molar-refractivity contribution < 1.29 is 17.9 Å². The van der Waals surface area contributed by atoms with Gasteiger partial charge in [0.2, 0.25) is 0 Å². The first-order chi connectivity index (χ1) is 10.9. The normalized spacial score (nSPS) is 11.6. The quantitative estimate of drug-likeness (QED) is 0.744. The SMILES string of the molecule is O=c1c2ccncc2ncn1Cc1ccc(OC(F)(F)F)cc1. The minimum atomic E-state index is -4.73. The van der Waals surface area contributed by atoms with E-state index in [2.05, 4.69) is 14.7 Å². The van der Waals surface area contributed by atoms with E-state index in [0.29, 0.717) is 16.5 Å². The third-order valence-corrected chi connectivity index (χ3v) is 3.14. The van der Waals surface area contributed by atoms with Crippen LogP contribution in [0.5, 0.6) is 5.75 Å². The molecule has 0 amide bonds. The van der Waals surface area contributed by atoms with Gasteiger partial charge < -0.3 is 4.74 Å². The van der Waals surface area contributed by atoms with Crippen molar-refractivity contribution in [2.75, 3.05) is 0 Å². The van der Waals surface area contributed by atoms with E-state index in [-0.39, 0.29) is 17.9 Å². The number of hydrogen-bond donors (Lipinski definition) is 0. The summed E-state index contributed by atoms with van der Waals surface area (Å²) in [5.74, 6) is -0.309. The Kier molecular flexibility index (Phi) is 3.73. The molecular formula is C15H10F3N3O2. The molecule has 5 nitrogen and oxygen atoms in total. The number of alkyl halides is 3. The van der Waals surface area contributed by atoms with Crippen LogP contribution < -0.4 is 10.3 Å². The lowest BCUT2D eigenvalue weighted by Crippen LogP contribution is -2.21. The maximum atomic E-state index is 12.3. The average Bonchev–Trinajstić information content (AvgIpc) is 2.51. The Balaban J connectivity index is 1.85. The summed E-state index contributed by atoms with van der Waals surface area (Å²) >= 11 is 0. The van der Waals surface area contributed by atoms with E-state index in [1.165, 1.54) is 47.6 Å². The summed E-state index contributed by atoms with van der Waals surface area (Å²) in [6, 6.07) is 6.90. The van der Waals surface area contributed by atoms with Crippen LogP contribution in [-0.2, 0) is 6.54 Å². The molecule has 2 aromatic heterocycles. The van der Waals surface area contributed by atoms with E-state index in [0.717, 1.165) is 0 Å². The molecule has 0 fully saturated rings. The fraction of sp³-hybridized carbons (Fsp3) is 0.133. The zero-order chi connectivity index (χ0) is 16.4. The van der Waals surface area contributed by atoms with Crippen molar-refractivity contribution in [3.63, 3.8) is 0 Å². The van der Waals surface area contributed by atoms with Crippen LogP contribution in [-0.4, -0.2) is 20.9 Å². The molecule has 0 radical (unpaired) electrons. The molecule has 0 unspecified atom stereocenters. The number of halogens is 3. The summed E-state index contributed by atoms with van der Waals surface area (Å²) in [5.41, 5.74) is 0.896. The molecule has 0 saturated carbocycles. The van der Waals surface area contributed by atoms with E-state index in [1.807, 2.05) is 0 Å². The summed E-state index contributed by atoms with van der Waals surface area (Å²) < 4.78 is 41.5. The van der Waals surface area contributed by atoms with Gasteiger partial charge in [0.05, 0.1) is 30.0 Å². The third-order valence-electron chi connectivity index (χ3n) is 3.14. The van der Waals surface area contributed by atoms with Gasteiger partial charge in [0.1, 0.15) is 5.75 Å². The lowest BCUT2D eigenvalue weighted by Gasteiger charge is -2.10. The first-order valence-corrected chi connectivity index (χ1v) is 6.56. The van der Waals surface area contributed by atoms with Crippen LogP contribution >= 0.6 is 0 Å². The molecule has 3 aromatic rings. The van der Waals surface area contributed by atoms with Crippen LogP contribution in [0.3, 0.4) is 0 Å². The number of nitrogens with zero attached hydrogens (tertiary/aromatic N) is 3. The number of benzene rings is 1. The fourth-order valence-electron chi connectivity index (χ4n) is 2.11. The van der Waals surface area contributed by atoms with Crippen molar-refractivity contribution in [2.24, 2.45) is 0 Å². The number of rotatable bonds is 3. The minimum Gasteiger partial charge on any atom is -0.406 e. The van der Waals surface area contributed by atoms with Crippen molar-refractivity contribution in [3.05, 3.63) is 65.0 Å². The Labute approximate surface area is 128 Å². The van der Waals surface area contributed by atoms with Crippen LogP contribution in [0.4, 0.5) is 13.2 Å². The summed E-state index contributed by atoms with van der Waals surface area (Å²) in [4.78, 5) is 20.3. The second kappa shape index (κ2) is 5.71. The van der Waals surface area contributed by atoms with Gasteiger partial charge in [0.15, 0.2) is 0 Å². The minimum absolute atomic E-state index is 0.191. The molecule has 0 aliphatic rings. The van der Waals surface area contributed by atoms with E-state index >= 15 is 0 Å². The van der Waals surface area contributed by atoms with Crippen molar-refractivity contribution in [2.45, 2.75) is 12.9 Å². The summed E-state index contributed by atoms with van der Waals surface area (Å²) in [7, 11) is 0. The van der Waals surface area contributed by atoms with Crippen molar-refractivity contribution >= 4 is 10.9 Å². The Morgan fingerprint density at radius 1 is 1.13 bits per heavy atom. The molecule has 3 rings (SSSR count). The molecule has 1 aromatic carbocycles. The Morgan fingerprint density at radius 2 is 1.87 bits per heavy atom. The van der Waals surface area contributed by atoms with Crippen molar-refractivity contribution in [1.82, 2.24) is 14.5 Å². The van der Waals surface area contributed by atoms with E-state index in [9.17, 15) is 18.0 Å². The first kappa shape index (κ1) is 15.0. The maximum Gasteiger partial charge on any atom is 0.573 e. The van der Waals surface area contributed by atoms with E-state index < -0.39 is 6.36 Å². The molecule has 0 bridgehead atoms. The van der Waals surface area contributed by atoms with Crippen LogP contribution in [0.2, 0.25) is 0 Å². The zero-order valence-electron chi connectivity index (χ0n) is 11.6. The van der Waals surface area contributed by atoms with Gasteiger partial charge in [0.25, 0.3) is 5.56 Å². The lowest BCUT2D eigenvalue weighted by molar-refractivity contribution is -0.274. The van der Waals surface area contributed by atoms with Gasteiger partial charge in [-0.05, 0) is 23.8 Å². The predicted molar refractivity (Wildman–Crippen MR) is 76.0 cm³/mol. The largest absolute Gasteiger partial charge is 0.573 e. The smallest absolute Gasteiger partial charge is 0.406 e. The maximum absolute atomic E-state index is 12.3. The highest BCUT2D eigenvalue weighted by molar-refractivity contribution is 5.75. The van der Waals surface area contributed by atoms with Gasteiger partial charge in [-0.1, -0.05) is 12.1 Å². The van der Waals surface area contributed by atoms with Crippen LogP contribution in [0.1, 0.15) is 5.56 Å². The second-order valence-corrected chi connectivity index (χ2v) is 4.76. The van der Waals surface area contributed by atoms with Crippen molar-refractivity contribution in [3.8, 4) is 5.75 Å². The second-order valence-electron chi connectivity index (χ2n) is 4.76. The average molecular weight is 321 g/mol. The molecule has 0 aliphatic carbocycles. The zero-order valence-corrected chi connectivity index (χ0v) is 11.6. The fourth-order valence-corrected chi connectivity index (χ4v) is 2.11.